The van der Waals surface area contributed by atoms with Crippen LogP contribution < -0.4 is 9.80 Å². The molecule has 1 aromatic heterocycles. The van der Waals surface area contributed by atoms with Gasteiger partial charge in [0.15, 0.2) is 0 Å². The molecular weight excluding hydrogens is 328 g/mol. The van der Waals surface area contributed by atoms with Crippen LogP contribution in [0, 0.1) is 0 Å². The quantitative estimate of drug-likeness (QED) is 0.827. The maximum absolute atomic E-state index is 9.59. The molecule has 0 spiro atoms. The van der Waals surface area contributed by atoms with Crippen LogP contribution in [0.5, 0.6) is 0 Å². The molecule has 0 bridgehead atoms. The lowest BCUT2D eigenvalue weighted by Crippen LogP contribution is -2.50. The normalized spacial score (nSPS) is 28.2. The van der Waals surface area contributed by atoms with Crippen molar-refractivity contribution in [1.29, 1.82) is 0 Å². The lowest BCUT2D eigenvalue weighted by molar-refractivity contribution is 0.107. The Morgan fingerprint density at radius 3 is 2.62 bits per heavy atom. The van der Waals surface area contributed by atoms with Crippen molar-refractivity contribution in [3.63, 3.8) is 0 Å². The van der Waals surface area contributed by atoms with Crippen LogP contribution in [0.2, 0.25) is 0 Å². The predicted molar refractivity (Wildman–Crippen MR) is 104 cm³/mol. The van der Waals surface area contributed by atoms with Crippen LogP contribution in [0.4, 0.5) is 11.6 Å². The molecule has 4 rings (SSSR count). The van der Waals surface area contributed by atoms with Gasteiger partial charge in [0.05, 0.1) is 12.6 Å². The summed E-state index contributed by atoms with van der Waals surface area (Å²) >= 11 is 0. The third-order valence-electron chi connectivity index (χ3n) is 6.38. The minimum atomic E-state index is 0.203. The van der Waals surface area contributed by atoms with Crippen molar-refractivity contribution in [3.05, 3.63) is 12.4 Å². The molecule has 0 aliphatic carbocycles. The standard InChI is InChI=1S/C19H32N6O/c1-2-22-8-10-23(11-9-22)16-5-7-24(13-16)18-12-19(21-15-20-18)25-6-3-4-17(25)14-26/h12,15-17,26H,2-11,13-14H2,1H3. The van der Waals surface area contributed by atoms with Crippen molar-refractivity contribution < 1.29 is 5.11 Å². The highest BCUT2D eigenvalue weighted by Crippen LogP contribution is 2.28. The lowest BCUT2D eigenvalue weighted by atomic mass is 10.2. The molecule has 144 valence electrons. The van der Waals surface area contributed by atoms with E-state index in [1.165, 1.54) is 39.1 Å². The smallest absolute Gasteiger partial charge is 0.134 e. The number of anilines is 2. The van der Waals surface area contributed by atoms with Crippen LogP contribution in [0.15, 0.2) is 12.4 Å². The zero-order chi connectivity index (χ0) is 17.9. The highest BCUT2D eigenvalue weighted by atomic mass is 16.3. The molecule has 1 aromatic rings. The van der Waals surface area contributed by atoms with Gasteiger partial charge < -0.3 is 19.8 Å². The largest absolute Gasteiger partial charge is 0.394 e. The second kappa shape index (κ2) is 8.06. The van der Waals surface area contributed by atoms with Gasteiger partial charge in [-0.2, -0.15) is 0 Å². The van der Waals surface area contributed by atoms with Crippen molar-refractivity contribution in [2.75, 3.05) is 68.8 Å². The van der Waals surface area contributed by atoms with Crippen molar-refractivity contribution in [3.8, 4) is 0 Å². The van der Waals surface area contributed by atoms with Gasteiger partial charge in [-0.25, -0.2) is 9.97 Å². The molecule has 7 nitrogen and oxygen atoms in total. The number of likely N-dealkylation sites (N-methyl/N-ethyl adjacent to an activating group) is 1. The van der Waals surface area contributed by atoms with E-state index in [-0.39, 0.29) is 12.6 Å². The molecule has 7 heteroatoms. The fourth-order valence-corrected chi connectivity index (χ4v) is 4.69. The van der Waals surface area contributed by atoms with E-state index in [4.69, 9.17) is 0 Å². The average Bonchev–Trinajstić information content (AvgIpc) is 3.37. The summed E-state index contributed by atoms with van der Waals surface area (Å²) in [5.41, 5.74) is 0. The Hall–Kier alpha value is -1.44. The summed E-state index contributed by atoms with van der Waals surface area (Å²) in [6, 6.07) is 2.97. The number of aliphatic hydroxyl groups is 1. The van der Waals surface area contributed by atoms with Crippen molar-refractivity contribution >= 4 is 11.6 Å². The summed E-state index contributed by atoms with van der Waals surface area (Å²) in [5, 5.41) is 9.59. The van der Waals surface area contributed by atoms with Crippen LogP contribution in [0.3, 0.4) is 0 Å². The number of hydrogen-bond donors (Lipinski definition) is 1. The summed E-state index contributed by atoms with van der Waals surface area (Å²) in [6.07, 6.45) is 5.07. The van der Waals surface area contributed by atoms with Gasteiger partial charge in [-0.05, 0) is 25.8 Å². The van der Waals surface area contributed by atoms with Crippen LogP contribution in [0.25, 0.3) is 0 Å². The highest BCUT2D eigenvalue weighted by Gasteiger charge is 2.31. The average molecular weight is 361 g/mol. The predicted octanol–water partition coefficient (Wildman–Crippen LogP) is 0.654. The third kappa shape index (κ3) is 3.66. The van der Waals surface area contributed by atoms with Gasteiger partial charge >= 0.3 is 0 Å². The molecule has 2 unspecified atom stereocenters. The summed E-state index contributed by atoms with van der Waals surface area (Å²) in [7, 11) is 0. The van der Waals surface area contributed by atoms with E-state index in [2.05, 4.69) is 42.6 Å². The fraction of sp³-hybridized carbons (Fsp3) is 0.789. The first-order valence-electron chi connectivity index (χ1n) is 10.2. The number of rotatable bonds is 5. The Labute approximate surface area is 156 Å². The van der Waals surface area contributed by atoms with Crippen LogP contribution >= 0.6 is 0 Å². The Kier molecular flexibility index (Phi) is 5.57. The molecule has 0 radical (unpaired) electrons. The van der Waals surface area contributed by atoms with Gasteiger partial charge in [-0.1, -0.05) is 6.92 Å². The van der Waals surface area contributed by atoms with E-state index in [0.717, 1.165) is 44.1 Å². The summed E-state index contributed by atoms with van der Waals surface area (Å²) in [5.74, 6) is 2.00. The molecular formula is C19H32N6O. The van der Waals surface area contributed by atoms with Crippen molar-refractivity contribution in [1.82, 2.24) is 19.8 Å². The molecule has 4 heterocycles. The number of nitrogens with zero attached hydrogens (tertiary/aromatic N) is 6. The van der Waals surface area contributed by atoms with E-state index < -0.39 is 0 Å². The molecule has 3 aliphatic rings. The minimum absolute atomic E-state index is 0.203. The van der Waals surface area contributed by atoms with Crippen molar-refractivity contribution in [2.45, 2.75) is 38.3 Å². The molecule has 0 aromatic carbocycles. The monoisotopic (exact) mass is 360 g/mol. The topological polar surface area (TPSA) is 59.0 Å². The number of hydrogen-bond acceptors (Lipinski definition) is 7. The van der Waals surface area contributed by atoms with E-state index in [9.17, 15) is 5.11 Å². The fourth-order valence-electron chi connectivity index (χ4n) is 4.69. The number of aliphatic hydroxyl groups excluding tert-OH is 1. The van der Waals surface area contributed by atoms with E-state index in [1.807, 2.05) is 0 Å². The molecule has 1 N–H and O–H groups in total. The number of aromatic nitrogens is 2. The molecule has 2 atom stereocenters. The lowest BCUT2D eigenvalue weighted by Gasteiger charge is -2.37. The Morgan fingerprint density at radius 2 is 1.85 bits per heavy atom. The molecule has 3 aliphatic heterocycles. The molecule has 3 saturated heterocycles. The highest BCUT2D eigenvalue weighted by molar-refractivity contribution is 5.52. The minimum Gasteiger partial charge on any atom is -0.394 e. The first-order chi connectivity index (χ1) is 12.8. The third-order valence-corrected chi connectivity index (χ3v) is 6.38. The van der Waals surface area contributed by atoms with E-state index in [0.29, 0.717) is 6.04 Å². The van der Waals surface area contributed by atoms with Gasteiger partial charge in [-0.15, -0.1) is 0 Å². The van der Waals surface area contributed by atoms with E-state index in [1.54, 1.807) is 6.33 Å². The summed E-state index contributed by atoms with van der Waals surface area (Å²) in [4.78, 5) is 18.9. The van der Waals surface area contributed by atoms with E-state index >= 15 is 0 Å². The first-order valence-corrected chi connectivity index (χ1v) is 10.2. The van der Waals surface area contributed by atoms with Crippen LogP contribution in [-0.4, -0.2) is 95.9 Å². The van der Waals surface area contributed by atoms with Gasteiger partial charge in [0, 0.05) is 57.9 Å². The first kappa shape index (κ1) is 17.9. The van der Waals surface area contributed by atoms with Crippen LogP contribution in [0.1, 0.15) is 26.2 Å². The number of piperazine rings is 1. The van der Waals surface area contributed by atoms with Gasteiger partial charge in [0.25, 0.3) is 0 Å². The second-order valence-corrected chi connectivity index (χ2v) is 7.77. The summed E-state index contributed by atoms with van der Waals surface area (Å²) in [6.45, 7) is 11.5. The SMILES string of the molecule is CCN1CCN(C2CCN(c3cc(N4CCCC4CO)ncn3)C2)CC1. The molecule has 26 heavy (non-hydrogen) atoms. The van der Waals surface area contributed by atoms with Crippen LogP contribution in [-0.2, 0) is 0 Å². The molecule has 0 amide bonds. The van der Waals surface area contributed by atoms with Gasteiger partial charge in [0.2, 0.25) is 0 Å². The Bertz CT molecular complexity index is 591. The zero-order valence-corrected chi connectivity index (χ0v) is 15.9. The second-order valence-electron chi connectivity index (χ2n) is 7.77. The van der Waals surface area contributed by atoms with Crippen molar-refractivity contribution in [2.24, 2.45) is 0 Å². The molecule has 0 saturated carbocycles. The maximum Gasteiger partial charge on any atom is 0.134 e. The zero-order valence-electron chi connectivity index (χ0n) is 15.9. The Morgan fingerprint density at radius 1 is 1.04 bits per heavy atom. The maximum atomic E-state index is 9.59. The summed E-state index contributed by atoms with van der Waals surface area (Å²) < 4.78 is 0. The Balaban J connectivity index is 1.39. The molecule has 3 fully saturated rings. The van der Waals surface area contributed by atoms with Gasteiger partial charge in [-0.3, -0.25) is 4.90 Å². The van der Waals surface area contributed by atoms with Gasteiger partial charge in [0.1, 0.15) is 18.0 Å².